The summed E-state index contributed by atoms with van der Waals surface area (Å²) in [7, 11) is 0. The molecular weight excluding hydrogens is 248 g/mol. The minimum atomic E-state index is 0.553. The number of nitroso groups, excluding NO2 is 1. The molecule has 0 bridgehead atoms. The lowest BCUT2D eigenvalue weighted by Crippen LogP contribution is -2.15. The van der Waals surface area contributed by atoms with Crippen molar-refractivity contribution in [3.05, 3.63) is 40.0 Å². The van der Waals surface area contributed by atoms with Crippen molar-refractivity contribution in [3.63, 3.8) is 0 Å². The average molecular weight is 262 g/mol. The van der Waals surface area contributed by atoms with Crippen molar-refractivity contribution in [2.24, 2.45) is 10.4 Å². The zero-order chi connectivity index (χ0) is 12.8. The maximum atomic E-state index is 10.3. The van der Waals surface area contributed by atoms with Crippen molar-refractivity contribution in [1.29, 1.82) is 0 Å². The van der Waals surface area contributed by atoms with Gasteiger partial charge < -0.3 is 0 Å². The highest BCUT2D eigenvalue weighted by atomic mass is 32.1. The van der Waals surface area contributed by atoms with Crippen LogP contribution in [0.25, 0.3) is 10.6 Å². The summed E-state index contributed by atoms with van der Waals surface area (Å²) in [5.74, 6) is 0. The van der Waals surface area contributed by atoms with E-state index in [0.717, 1.165) is 30.0 Å². The van der Waals surface area contributed by atoms with E-state index in [1.807, 2.05) is 30.3 Å². The molecule has 0 fully saturated rings. The molecule has 0 aliphatic carbocycles. The first-order valence-electron chi connectivity index (χ1n) is 5.85. The summed E-state index contributed by atoms with van der Waals surface area (Å²) in [6.45, 7) is 2.87. The van der Waals surface area contributed by atoms with Crippen LogP contribution in [0.15, 0.2) is 40.7 Å². The van der Waals surface area contributed by atoms with Crippen molar-refractivity contribution in [2.45, 2.75) is 26.3 Å². The van der Waals surface area contributed by atoms with E-state index in [2.05, 4.69) is 22.4 Å². The molecule has 2 rings (SSSR count). The van der Waals surface area contributed by atoms with E-state index >= 15 is 0 Å². The predicted molar refractivity (Wildman–Crippen MR) is 71.8 cm³/mol. The van der Waals surface area contributed by atoms with Crippen LogP contribution in [-0.2, 0) is 6.54 Å². The summed E-state index contributed by atoms with van der Waals surface area (Å²) in [4.78, 5) is 10.8. The number of nitrogens with zero attached hydrogens (tertiary/aromatic N) is 4. The number of aryl methyl sites for hydroxylation is 1. The summed E-state index contributed by atoms with van der Waals surface area (Å²) in [6, 6.07) is 9.85. The average Bonchev–Trinajstić information content (AvgIpc) is 2.81. The molecule has 18 heavy (non-hydrogen) atoms. The molecule has 0 N–H and O–H groups in total. The van der Waals surface area contributed by atoms with Crippen LogP contribution in [0.3, 0.4) is 0 Å². The maximum absolute atomic E-state index is 10.3. The van der Waals surface area contributed by atoms with Gasteiger partial charge >= 0.3 is 0 Å². The van der Waals surface area contributed by atoms with Crippen LogP contribution < -0.4 is 4.80 Å². The summed E-state index contributed by atoms with van der Waals surface area (Å²) in [5, 5.41) is 11.5. The normalized spacial score (nSPS) is 11.7. The zero-order valence-electron chi connectivity index (χ0n) is 10.1. The van der Waals surface area contributed by atoms with E-state index in [4.69, 9.17) is 0 Å². The van der Waals surface area contributed by atoms with Gasteiger partial charge in [0.1, 0.15) is 5.01 Å². The van der Waals surface area contributed by atoms with Crippen molar-refractivity contribution in [2.75, 3.05) is 0 Å². The Morgan fingerprint density at radius 1 is 1.33 bits per heavy atom. The third kappa shape index (κ3) is 2.89. The molecule has 1 aromatic heterocycles. The first-order chi connectivity index (χ1) is 8.85. The molecule has 0 spiro atoms. The van der Waals surface area contributed by atoms with E-state index < -0.39 is 0 Å². The molecule has 94 valence electrons. The largest absolute Gasteiger partial charge is 0.236 e. The molecule has 2 aromatic rings. The van der Waals surface area contributed by atoms with Crippen LogP contribution >= 0.6 is 11.3 Å². The molecule has 0 saturated carbocycles. The Kier molecular flexibility index (Phi) is 4.35. The molecule has 0 aliphatic rings. The Hall–Kier alpha value is -1.82. The summed E-state index contributed by atoms with van der Waals surface area (Å²) < 4.78 is 1.75. The monoisotopic (exact) mass is 262 g/mol. The van der Waals surface area contributed by atoms with Gasteiger partial charge in [0.2, 0.25) is 4.80 Å². The number of unbranched alkanes of at least 4 members (excludes halogenated alkanes) is 1. The fraction of sp³-hybridized carbons (Fsp3) is 0.333. The van der Waals surface area contributed by atoms with E-state index in [1.165, 1.54) is 11.3 Å². The first-order valence-corrected chi connectivity index (χ1v) is 6.66. The lowest BCUT2D eigenvalue weighted by Gasteiger charge is -1.97. The molecule has 0 aliphatic heterocycles. The molecular formula is C12H14N4OS. The summed E-state index contributed by atoms with van der Waals surface area (Å²) in [5.41, 5.74) is 1.03. The van der Waals surface area contributed by atoms with E-state index in [-0.39, 0.29) is 0 Å². The molecule has 0 atom stereocenters. The summed E-state index contributed by atoms with van der Waals surface area (Å²) in [6.07, 6.45) is 2.07. The fourth-order valence-corrected chi connectivity index (χ4v) is 2.45. The van der Waals surface area contributed by atoms with Crippen molar-refractivity contribution >= 4 is 11.3 Å². The quantitative estimate of drug-likeness (QED) is 0.614. The second-order valence-corrected chi connectivity index (χ2v) is 4.77. The van der Waals surface area contributed by atoms with Crippen molar-refractivity contribution < 1.29 is 0 Å². The van der Waals surface area contributed by atoms with Gasteiger partial charge in [-0.2, -0.15) is 5.10 Å². The van der Waals surface area contributed by atoms with Gasteiger partial charge in [-0.3, -0.25) is 0 Å². The van der Waals surface area contributed by atoms with Crippen molar-refractivity contribution in [3.8, 4) is 10.6 Å². The highest BCUT2D eigenvalue weighted by Crippen LogP contribution is 2.18. The minimum Gasteiger partial charge on any atom is -0.236 e. The Labute approximate surface area is 109 Å². The van der Waals surface area contributed by atoms with Crippen LogP contribution in [-0.4, -0.2) is 9.78 Å². The number of benzene rings is 1. The van der Waals surface area contributed by atoms with Crippen molar-refractivity contribution in [1.82, 2.24) is 9.78 Å². The predicted octanol–water partition coefficient (Wildman–Crippen LogP) is 2.99. The van der Waals surface area contributed by atoms with E-state index in [1.54, 1.807) is 4.68 Å². The lowest BCUT2D eigenvalue weighted by molar-refractivity contribution is 0.552. The molecule has 1 heterocycles. The number of rotatable bonds is 5. The van der Waals surface area contributed by atoms with E-state index in [0.29, 0.717) is 4.80 Å². The molecule has 5 nitrogen and oxygen atoms in total. The van der Waals surface area contributed by atoms with Crippen LogP contribution in [0.1, 0.15) is 19.8 Å². The number of hydrogen-bond acceptors (Lipinski definition) is 4. The van der Waals surface area contributed by atoms with Gasteiger partial charge in [0.15, 0.2) is 0 Å². The van der Waals surface area contributed by atoms with Gasteiger partial charge in [-0.1, -0.05) is 60.1 Å². The summed E-state index contributed by atoms with van der Waals surface area (Å²) >= 11 is 1.38. The molecule has 0 amide bonds. The van der Waals surface area contributed by atoms with Gasteiger partial charge in [-0.25, -0.2) is 4.68 Å². The van der Waals surface area contributed by atoms with Gasteiger partial charge in [0, 0.05) is 12.1 Å². The highest BCUT2D eigenvalue weighted by molar-refractivity contribution is 7.12. The smallest absolute Gasteiger partial charge is 0.232 e. The SMILES string of the molecule is CCCCn1nc(-c2ccccc2)s/c1=N/N=O. The van der Waals surface area contributed by atoms with Crippen LogP contribution in [0.5, 0.6) is 0 Å². The maximum Gasteiger partial charge on any atom is 0.232 e. The third-order valence-electron chi connectivity index (χ3n) is 2.49. The molecule has 0 radical (unpaired) electrons. The number of aromatic nitrogens is 2. The van der Waals surface area contributed by atoms with Crippen LogP contribution in [0.2, 0.25) is 0 Å². The van der Waals surface area contributed by atoms with E-state index in [9.17, 15) is 4.91 Å². The Morgan fingerprint density at radius 3 is 2.78 bits per heavy atom. The molecule has 1 aromatic carbocycles. The highest BCUT2D eigenvalue weighted by Gasteiger charge is 2.06. The Morgan fingerprint density at radius 2 is 2.11 bits per heavy atom. The fourth-order valence-electron chi connectivity index (χ4n) is 1.57. The second kappa shape index (κ2) is 6.20. The van der Waals surface area contributed by atoms with Gasteiger partial charge in [-0.15, -0.1) is 4.91 Å². The third-order valence-corrected chi connectivity index (χ3v) is 3.48. The Bertz CT molecular complexity index is 573. The first kappa shape index (κ1) is 12.6. The lowest BCUT2D eigenvalue weighted by atomic mass is 10.2. The topological polar surface area (TPSA) is 59.6 Å². The minimum absolute atomic E-state index is 0.553. The standard InChI is InChI=1S/C12H14N4OS/c1-2-3-9-16-12(13-15-17)18-11(14-16)10-7-5-4-6-8-10/h4-8H,2-3,9H2,1H3/b13-12+. The molecule has 6 heteroatoms. The zero-order valence-corrected chi connectivity index (χ0v) is 10.9. The van der Waals surface area contributed by atoms with Gasteiger partial charge in [0.25, 0.3) is 0 Å². The Balaban J connectivity index is 2.39. The molecule has 0 saturated heterocycles. The van der Waals surface area contributed by atoms with Gasteiger partial charge in [0.05, 0.1) is 5.29 Å². The number of hydrogen-bond donors (Lipinski definition) is 0. The van der Waals surface area contributed by atoms with Crippen LogP contribution in [0.4, 0.5) is 0 Å². The van der Waals surface area contributed by atoms with Gasteiger partial charge in [-0.05, 0) is 6.42 Å². The van der Waals surface area contributed by atoms with Crippen LogP contribution in [0, 0.1) is 4.91 Å². The molecule has 0 unspecified atom stereocenters. The second-order valence-electron chi connectivity index (χ2n) is 3.81.